The van der Waals surface area contributed by atoms with Crippen molar-refractivity contribution in [1.29, 1.82) is 0 Å². The van der Waals surface area contributed by atoms with Gasteiger partial charge in [0.25, 0.3) is 0 Å². The molecular weight excluding hydrogens is 254 g/mol. The van der Waals surface area contributed by atoms with Crippen LogP contribution in [0.15, 0.2) is 29.2 Å². The number of benzene rings is 1. The Labute approximate surface area is 107 Å². The summed E-state index contributed by atoms with van der Waals surface area (Å²) >= 11 is 0. The van der Waals surface area contributed by atoms with Crippen LogP contribution in [0.4, 0.5) is 0 Å². The molecule has 0 aromatic heterocycles. The molecule has 1 rings (SSSR count). The Morgan fingerprint density at radius 1 is 1.39 bits per heavy atom. The van der Waals surface area contributed by atoms with Gasteiger partial charge >= 0.3 is 5.97 Å². The van der Waals surface area contributed by atoms with Crippen molar-refractivity contribution < 1.29 is 18.3 Å². The number of nitrogens with zero attached hydrogens (tertiary/aromatic N) is 1. The third-order valence-electron chi connectivity index (χ3n) is 2.59. The lowest BCUT2D eigenvalue weighted by Gasteiger charge is -2.16. The second-order valence-corrected chi connectivity index (χ2v) is 6.43. The molecule has 0 saturated carbocycles. The highest BCUT2D eigenvalue weighted by Crippen LogP contribution is 2.20. The average molecular weight is 271 g/mol. The molecule has 1 N–H and O–H groups in total. The molecule has 5 nitrogen and oxygen atoms in total. The zero-order valence-electron chi connectivity index (χ0n) is 10.6. The largest absolute Gasteiger partial charge is 0.480 e. The molecule has 0 aliphatic carbocycles. The molecule has 0 radical (unpaired) electrons. The zero-order valence-corrected chi connectivity index (χ0v) is 11.4. The molecule has 0 saturated heterocycles. The Morgan fingerprint density at radius 2 is 2.00 bits per heavy atom. The van der Waals surface area contributed by atoms with Crippen LogP contribution in [0.25, 0.3) is 0 Å². The van der Waals surface area contributed by atoms with E-state index in [9.17, 15) is 13.2 Å². The number of hydrogen-bond acceptors (Lipinski definition) is 3. The fourth-order valence-electron chi connectivity index (χ4n) is 1.49. The molecule has 0 heterocycles. The molecule has 0 amide bonds. The summed E-state index contributed by atoms with van der Waals surface area (Å²) in [4.78, 5) is 10.7. The third-order valence-corrected chi connectivity index (χ3v) is 4.39. The summed E-state index contributed by atoms with van der Waals surface area (Å²) in [7, 11) is -2.48. The minimum Gasteiger partial charge on any atom is -0.480 e. The molecule has 0 unspecified atom stereocenters. The highest BCUT2D eigenvalue weighted by atomic mass is 32.2. The number of hydrogen-bond donors (Lipinski definition) is 1. The topological polar surface area (TPSA) is 74.7 Å². The van der Waals surface area contributed by atoms with Crippen molar-refractivity contribution in [2.24, 2.45) is 0 Å². The van der Waals surface area contributed by atoms with Gasteiger partial charge in [-0.15, -0.1) is 0 Å². The van der Waals surface area contributed by atoms with Crippen molar-refractivity contribution in [3.8, 4) is 0 Å². The molecule has 1 aromatic rings. The van der Waals surface area contributed by atoms with Crippen molar-refractivity contribution in [3.05, 3.63) is 29.8 Å². The minimum atomic E-state index is -3.74. The van der Waals surface area contributed by atoms with E-state index in [2.05, 4.69) is 0 Å². The van der Waals surface area contributed by atoms with Gasteiger partial charge in [-0.05, 0) is 23.6 Å². The van der Waals surface area contributed by atoms with Gasteiger partial charge in [0.05, 0.1) is 4.90 Å². The predicted molar refractivity (Wildman–Crippen MR) is 68.0 cm³/mol. The fourth-order valence-corrected chi connectivity index (χ4v) is 2.67. The Balaban J connectivity index is 3.12. The number of likely N-dealkylation sites (N-methyl/N-ethyl adjacent to an activating group) is 1. The number of sulfonamides is 1. The zero-order chi connectivity index (χ0) is 13.9. The number of carboxylic acid groups (broad SMARTS) is 1. The van der Waals surface area contributed by atoms with Crippen LogP contribution < -0.4 is 0 Å². The lowest BCUT2D eigenvalue weighted by Crippen LogP contribution is -2.32. The van der Waals surface area contributed by atoms with E-state index in [1.54, 1.807) is 12.1 Å². The molecule has 0 aliphatic rings. The van der Waals surface area contributed by atoms with E-state index >= 15 is 0 Å². The summed E-state index contributed by atoms with van der Waals surface area (Å²) in [5, 5.41) is 8.63. The van der Waals surface area contributed by atoms with Crippen LogP contribution in [0.2, 0.25) is 0 Å². The van der Waals surface area contributed by atoms with Crippen LogP contribution in [0.5, 0.6) is 0 Å². The van der Waals surface area contributed by atoms with Gasteiger partial charge in [0.2, 0.25) is 10.0 Å². The maximum absolute atomic E-state index is 12.1. The predicted octanol–water partition coefficient (Wildman–Crippen LogP) is 1.52. The molecule has 0 spiro atoms. The smallest absolute Gasteiger partial charge is 0.318 e. The molecule has 0 aliphatic heterocycles. The Bertz CT molecular complexity index is 537. The monoisotopic (exact) mass is 271 g/mol. The van der Waals surface area contributed by atoms with E-state index in [1.165, 1.54) is 13.1 Å². The molecule has 0 atom stereocenters. The third kappa shape index (κ3) is 3.30. The van der Waals surface area contributed by atoms with Gasteiger partial charge in [0, 0.05) is 7.05 Å². The highest BCUT2D eigenvalue weighted by molar-refractivity contribution is 7.89. The first-order valence-electron chi connectivity index (χ1n) is 5.53. The van der Waals surface area contributed by atoms with E-state index < -0.39 is 22.5 Å². The molecule has 6 heteroatoms. The van der Waals surface area contributed by atoms with Gasteiger partial charge in [-0.25, -0.2) is 8.42 Å². The summed E-state index contributed by atoms with van der Waals surface area (Å²) in [5.41, 5.74) is 0.903. The molecule has 100 valence electrons. The van der Waals surface area contributed by atoms with E-state index in [1.807, 2.05) is 19.9 Å². The number of aliphatic carboxylic acids is 1. The Kier molecular flexibility index (Phi) is 4.48. The standard InChI is InChI=1S/C12H17NO4S/c1-9(2)10-5-4-6-11(7-10)18(16,17)13(3)8-12(14)15/h4-7,9H,8H2,1-3H3,(H,14,15). The van der Waals surface area contributed by atoms with Gasteiger partial charge in [-0.2, -0.15) is 4.31 Å². The van der Waals surface area contributed by atoms with Crippen LogP contribution in [0.3, 0.4) is 0 Å². The van der Waals surface area contributed by atoms with Crippen LogP contribution in [-0.2, 0) is 14.8 Å². The lowest BCUT2D eigenvalue weighted by molar-refractivity contribution is -0.137. The molecule has 1 aromatic carbocycles. The van der Waals surface area contributed by atoms with Gasteiger partial charge < -0.3 is 5.11 Å². The van der Waals surface area contributed by atoms with Crippen molar-refractivity contribution in [2.75, 3.05) is 13.6 Å². The van der Waals surface area contributed by atoms with E-state index in [0.29, 0.717) is 0 Å². The summed E-state index contributed by atoms with van der Waals surface area (Å²) in [6.45, 7) is 3.38. The quantitative estimate of drug-likeness (QED) is 0.881. The number of carbonyl (C=O) groups is 1. The van der Waals surface area contributed by atoms with E-state index in [0.717, 1.165) is 9.87 Å². The summed E-state index contributed by atoms with van der Waals surface area (Å²) in [6, 6.07) is 6.57. The maximum Gasteiger partial charge on any atom is 0.318 e. The summed E-state index contributed by atoms with van der Waals surface area (Å²) < 4.78 is 25.0. The van der Waals surface area contributed by atoms with Crippen LogP contribution in [0.1, 0.15) is 25.3 Å². The van der Waals surface area contributed by atoms with Crippen molar-refractivity contribution in [1.82, 2.24) is 4.31 Å². The first kappa shape index (κ1) is 14.7. The number of rotatable bonds is 5. The number of carboxylic acids is 1. The van der Waals surface area contributed by atoms with Gasteiger partial charge in [0.15, 0.2) is 0 Å². The lowest BCUT2D eigenvalue weighted by atomic mass is 10.0. The second-order valence-electron chi connectivity index (χ2n) is 4.38. The SMILES string of the molecule is CC(C)c1cccc(S(=O)(=O)N(C)CC(=O)O)c1. The highest BCUT2D eigenvalue weighted by Gasteiger charge is 2.23. The van der Waals surface area contributed by atoms with Crippen molar-refractivity contribution >= 4 is 16.0 Å². The Hall–Kier alpha value is -1.40. The molecule has 18 heavy (non-hydrogen) atoms. The van der Waals surface area contributed by atoms with Crippen LogP contribution in [0, 0.1) is 0 Å². The average Bonchev–Trinajstić information content (AvgIpc) is 2.28. The first-order valence-corrected chi connectivity index (χ1v) is 6.97. The van der Waals surface area contributed by atoms with Gasteiger partial charge in [0.1, 0.15) is 6.54 Å². The molecule has 0 fully saturated rings. The molecular formula is C12H17NO4S. The molecule has 0 bridgehead atoms. The van der Waals surface area contributed by atoms with Crippen molar-refractivity contribution in [3.63, 3.8) is 0 Å². The Morgan fingerprint density at radius 3 is 2.50 bits per heavy atom. The van der Waals surface area contributed by atoms with Crippen molar-refractivity contribution in [2.45, 2.75) is 24.7 Å². The van der Waals surface area contributed by atoms with E-state index in [-0.39, 0.29) is 10.8 Å². The normalized spacial score (nSPS) is 12.1. The van der Waals surface area contributed by atoms with Crippen LogP contribution in [-0.4, -0.2) is 37.4 Å². The first-order chi connectivity index (χ1) is 8.25. The van der Waals surface area contributed by atoms with Crippen LogP contribution >= 0.6 is 0 Å². The van der Waals surface area contributed by atoms with E-state index in [4.69, 9.17) is 5.11 Å². The summed E-state index contributed by atoms with van der Waals surface area (Å²) in [5.74, 6) is -0.967. The maximum atomic E-state index is 12.1. The minimum absolute atomic E-state index is 0.123. The second kappa shape index (κ2) is 5.49. The fraction of sp³-hybridized carbons (Fsp3) is 0.417. The van der Waals surface area contributed by atoms with Gasteiger partial charge in [-0.1, -0.05) is 26.0 Å². The van der Waals surface area contributed by atoms with Gasteiger partial charge in [-0.3, -0.25) is 4.79 Å². The summed E-state index contributed by atoms with van der Waals surface area (Å²) in [6.07, 6.45) is 0.